The monoisotopic (exact) mass is 358 g/mol. The summed E-state index contributed by atoms with van der Waals surface area (Å²) in [5.41, 5.74) is -5.65. The maximum atomic E-state index is 10.9. The summed E-state index contributed by atoms with van der Waals surface area (Å²) in [6, 6.07) is 7.52. The van der Waals surface area contributed by atoms with Crippen LogP contribution in [0.1, 0.15) is 0 Å². The van der Waals surface area contributed by atoms with Crippen LogP contribution in [0.4, 0.5) is 13.2 Å². The van der Waals surface area contributed by atoms with Crippen LogP contribution in [0.5, 0.6) is 5.75 Å². The first-order chi connectivity index (χ1) is 9.88. The van der Waals surface area contributed by atoms with Crippen molar-refractivity contribution in [1.82, 2.24) is 0 Å². The fraction of sp³-hybridized carbons (Fsp3) is 0.250. The summed E-state index contributed by atoms with van der Waals surface area (Å²) in [6.45, 7) is 3.33. The normalized spacial score (nSPS) is 11.4. The molecule has 0 atom stereocenters. The van der Waals surface area contributed by atoms with E-state index in [1.165, 1.54) is 4.90 Å². The first-order valence-electron chi connectivity index (χ1n) is 5.42. The number of hydrogen-bond acceptors (Lipinski definition) is 5. The van der Waals surface area contributed by atoms with E-state index in [1.54, 1.807) is 12.1 Å². The van der Waals surface area contributed by atoms with Crippen molar-refractivity contribution in [2.75, 3.05) is 12.5 Å². The summed E-state index contributed by atoms with van der Waals surface area (Å²) >= 11 is 0. The van der Waals surface area contributed by atoms with Crippen LogP contribution in [0.3, 0.4) is 0 Å². The van der Waals surface area contributed by atoms with E-state index in [4.69, 9.17) is 17.7 Å². The highest BCUT2D eigenvalue weighted by atomic mass is 32.2. The molecule has 22 heavy (non-hydrogen) atoms. The van der Waals surface area contributed by atoms with E-state index in [2.05, 4.69) is 19.1 Å². The van der Waals surface area contributed by atoms with Crippen molar-refractivity contribution in [3.8, 4) is 5.75 Å². The minimum atomic E-state index is -6.09. The number of carbonyl (C=O) groups excluding carboxylic acids is 1. The summed E-state index contributed by atoms with van der Waals surface area (Å²) < 4.78 is 63.8. The second-order valence-electron chi connectivity index (χ2n) is 3.81. The Bertz CT molecular complexity index is 607. The van der Waals surface area contributed by atoms with Crippen LogP contribution in [0.15, 0.2) is 41.8 Å². The third-order valence-electron chi connectivity index (χ3n) is 1.96. The van der Waals surface area contributed by atoms with Crippen molar-refractivity contribution in [2.45, 2.75) is 10.4 Å². The van der Waals surface area contributed by atoms with Crippen LogP contribution in [0.25, 0.3) is 0 Å². The highest BCUT2D eigenvalue weighted by molar-refractivity contribution is 7.95. The smallest absolute Gasteiger partial charge is 0.485 e. The van der Waals surface area contributed by atoms with E-state index in [9.17, 15) is 18.0 Å². The zero-order valence-corrected chi connectivity index (χ0v) is 13.2. The molecule has 1 aromatic rings. The Hall–Kier alpha value is -1.52. The molecule has 0 aliphatic rings. The average molecular weight is 358 g/mol. The highest BCUT2D eigenvalue weighted by Crippen LogP contribution is 2.20. The Kier molecular flexibility index (Phi) is 7.64. The van der Waals surface area contributed by atoms with Crippen molar-refractivity contribution in [3.05, 3.63) is 36.9 Å². The van der Waals surface area contributed by atoms with Crippen molar-refractivity contribution in [2.24, 2.45) is 0 Å². The van der Waals surface area contributed by atoms with Gasteiger partial charge < -0.3 is 9.29 Å². The first-order valence-corrected chi connectivity index (χ1v) is 8.87. The van der Waals surface area contributed by atoms with Crippen LogP contribution in [0.2, 0.25) is 0 Å². The molecule has 1 rings (SSSR count). The molecule has 5 nitrogen and oxygen atoms in total. The molecule has 0 spiro atoms. The molecule has 0 aliphatic heterocycles. The molecular formula is C12H13F3O5S2. The van der Waals surface area contributed by atoms with Gasteiger partial charge >= 0.3 is 11.5 Å². The van der Waals surface area contributed by atoms with E-state index in [0.717, 1.165) is 6.08 Å². The topological polar surface area (TPSA) is 83.5 Å². The molecule has 0 amide bonds. The average Bonchev–Trinajstić information content (AvgIpc) is 2.37. The van der Waals surface area contributed by atoms with E-state index in [-0.39, 0.29) is 10.9 Å². The number of rotatable bonds is 3. The molecule has 0 N–H and O–H groups in total. The van der Waals surface area contributed by atoms with Gasteiger partial charge in [-0.1, -0.05) is 6.58 Å². The molecule has 0 aliphatic carbocycles. The SMILES string of the molecule is C=CC(=O)Oc1ccc([S+](C)C)cc1.O=S(=O)([O-])C(F)(F)F. The number of esters is 1. The lowest BCUT2D eigenvalue weighted by Crippen LogP contribution is -2.21. The van der Waals surface area contributed by atoms with Gasteiger partial charge in [0.1, 0.15) is 18.3 Å². The second-order valence-corrected chi connectivity index (χ2v) is 7.29. The van der Waals surface area contributed by atoms with Gasteiger partial charge in [-0.25, -0.2) is 13.2 Å². The lowest BCUT2D eigenvalue weighted by atomic mass is 10.3. The lowest BCUT2D eigenvalue weighted by molar-refractivity contribution is -0.128. The molecule has 0 bridgehead atoms. The van der Waals surface area contributed by atoms with Gasteiger partial charge in [0.25, 0.3) is 0 Å². The van der Waals surface area contributed by atoms with Crippen molar-refractivity contribution in [3.63, 3.8) is 0 Å². The van der Waals surface area contributed by atoms with Gasteiger partial charge in [0.2, 0.25) is 0 Å². The van der Waals surface area contributed by atoms with Crippen LogP contribution in [-0.4, -0.2) is 37.0 Å². The Morgan fingerprint density at radius 3 is 1.95 bits per heavy atom. The number of hydrogen-bond donors (Lipinski definition) is 0. The predicted molar refractivity (Wildman–Crippen MR) is 75.5 cm³/mol. The maximum absolute atomic E-state index is 10.9. The number of carbonyl (C=O) groups is 1. The zero-order chi connectivity index (χ0) is 17.6. The Labute approximate surface area is 128 Å². The van der Waals surface area contributed by atoms with Crippen LogP contribution in [-0.2, 0) is 25.8 Å². The third-order valence-corrected chi connectivity index (χ3v) is 3.75. The number of alkyl halides is 3. The Morgan fingerprint density at radius 1 is 1.27 bits per heavy atom. The number of benzene rings is 1. The molecule has 0 unspecified atom stereocenters. The molecule has 0 aromatic heterocycles. The van der Waals surface area contributed by atoms with E-state index in [1.807, 2.05) is 12.1 Å². The predicted octanol–water partition coefficient (Wildman–Crippen LogP) is 2.07. The van der Waals surface area contributed by atoms with Crippen molar-refractivity contribution in [1.29, 1.82) is 0 Å². The largest absolute Gasteiger partial charge is 0.741 e. The number of ether oxygens (including phenoxy) is 1. The maximum Gasteiger partial charge on any atom is 0.485 e. The Morgan fingerprint density at radius 2 is 1.68 bits per heavy atom. The zero-order valence-electron chi connectivity index (χ0n) is 11.6. The molecule has 0 fully saturated rings. The van der Waals surface area contributed by atoms with Crippen LogP contribution < -0.4 is 4.74 Å². The van der Waals surface area contributed by atoms with Gasteiger partial charge in [-0.15, -0.1) is 0 Å². The van der Waals surface area contributed by atoms with Gasteiger partial charge in [0.05, 0.1) is 0 Å². The molecular weight excluding hydrogens is 345 g/mol. The van der Waals surface area contributed by atoms with Crippen LogP contribution in [0, 0.1) is 0 Å². The minimum Gasteiger partial charge on any atom is -0.741 e. The summed E-state index contributed by atoms with van der Waals surface area (Å²) in [5, 5.41) is 0. The quantitative estimate of drug-likeness (QED) is 0.206. The molecule has 0 heterocycles. The van der Waals surface area contributed by atoms with Gasteiger partial charge in [-0.3, -0.25) is 0 Å². The van der Waals surface area contributed by atoms with Gasteiger partial charge in [0.15, 0.2) is 15.0 Å². The third kappa shape index (κ3) is 7.48. The Balaban J connectivity index is 0.000000472. The summed E-state index contributed by atoms with van der Waals surface area (Å²) in [7, 11) is -5.85. The minimum absolute atomic E-state index is 0.238. The fourth-order valence-corrected chi connectivity index (χ4v) is 1.62. The van der Waals surface area contributed by atoms with E-state index in [0.29, 0.717) is 5.75 Å². The molecule has 0 saturated heterocycles. The number of halogens is 3. The summed E-state index contributed by atoms with van der Waals surface area (Å²) in [5.74, 6) is 0.133. The van der Waals surface area contributed by atoms with Crippen LogP contribution >= 0.6 is 0 Å². The fourth-order valence-electron chi connectivity index (χ4n) is 0.938. The highest BCUT2D eigenvalue weighted by Gasteiger charge is 2.36. The lowest BCUT2D eigenvalue weighted by Gasteiger charge is -2.08. The molecule has 124 valence electrons. The first kappa shape index (κ1) is 20.5. The van der Waals surface area contributed by atoms with Gasteiger partial charge in [-0.2, -0.15) is 13.2 Å². The van der Waals surface area contributed by atoms with Gasteiger partial charge in [0, 0.05) is 17.0 Å². The van der Waals surface area contributed by atoms with Crippen molar-refractivity contribution < 1.29 is 35.7 Å². The molecule has 10 heteroatoms. The standard InChI is InChI=1S/C11H13O2S.CHF3O3S/c1-4-11(12)13-9-5-7-10(8-6-9)14(2)3;2-1(3,4)8(5,6)7/h4-8H,1H2,2-3H3;(H,5,6,7)/q+1;/p-1. The second kappa shape index (κ2) is 8.20. The molecule has 1 aromatic carbocycles. The van der Waals surface area contributed by atoms with E-state index < -0.39 is 21.6 Å². The summed E-state index contributed by atoms with van der Waals surface area (Å²) in [6.07, 6.45) is 5.44. The van der Waals surface area contributed by atoms with Gasteiger partial charge in [-0.05, 0) is 24.3 Å². The van der Waals surface area contributed by atoms with E-state index >= 15 is 0 Å². The summed E-state index contributed by atoms with van der Waals surface area (Å²) in [4.78, 5) is 12.1. The van der Waals surface area contributed by atoms with Crippen molar-refractivity contribution >= 4 is 27.0 Å². The molecule has 0 saturated carbocycles. The molecule has 0 radical (unpaired) electrons.